The predicted octanol–water partition coefficient (Wildman–Crippen LogP) is 2.63. The molecule has 2 atom stereocenters. The Bertz CT molecular complexity index is 391. The van der Waals surface area contributed by atoms with Gasteiger partial charge in [0.15, 0.2) is 0 Å². The summed E-state index contributed by atoms with van der Waals surface area (Å²) in [7, 11) is 0. The van der Waals surface area contributed by atoms with Crippen LogP contribution in [-0.2, 0) is 4.74 Å². The Balaban J connectivity index is 2.03. The van der Waals surface area contributed by atoms with Gasteiger partial charge in [0.25, 0.3) is 0 Å². The molecule has 1 aromatic rings. The van der Waals surface area contributed by atoms with Crippen molar-refractivity contribution in [2.45, 2.75) is 25.4 Å². The van der Waals surface area contributed by atoms with Crippen molar-refractivity contribution in [2.75, 3.05) is 13.2 Å². The minimum Gasteiger partial charge on any atom is -0.406 e. The van der Waals surface area contributed by atoms with Crippen molar-refractivity contribution in [3.63, 3.8) is 0 Å². The van der Waals surface area contributed by atoms with E-state index >= 15 is 0 Å². The van der Waals surface area contributed by atoms with Crippen molar-refractivity contribution in [1.29, 1.82) is 0 Å². The van der Waals surface area contributed by atoms with Crippen LogP contribution < -0.4 is 10.1 Å². The molecule has 6 heteroatoms. The van der Waals surface area contributed by atoms with E-state index in [2.05, 4.69) is 10.1 Å². The first-order valence-electron chi connectivity index (χ1n) is 5.63. The number of morpholine rings is 1. The molecule has 1 saturated heterocycles. The molecule has 1 heterocycles. The van der Waals surface area contributed by atoms with Crippen molar-refractivity contribution < 1.29 is 22.6 Å². The highest BCUT2D eigenvalue weighted by molar-refractivity contribution is 5.29. The predicted molar refractivity (Wildman–Crippen MR) is 59.3 cm³/mol. The van der Waals surface area contributed by atoms with Gasteiger partial charge in [0, 0.05) is 6.04 Å². The van der Waals surface area contributed by atoms with Gasteiger partial charge in [-0.25, -0.2) is 0 Å². The molecule has 0 aromatic heterocycles. The third kappa shape index (κ3) is 3.61. The van der Waals surface area contributed by atoms with E-state index in [1.807, 2.05) is 6.92 Å². The van der Waals surface area contributed by atoms with Crippen LogP contribution in [0.3, 0.4) is 0 Å². The SMILES string of the molecule is CC1COCC(c2ccc(OC(F)(F)F)cc2)N1. The minimum atomic E-state index is -4.65. The number of rotatable bonds is 2. The molecular weight excluding hydrogens is 247 g/mol. The molecule has 3 nitrogen and oxygen atoms in total. The van der Waals surface area contributed by atoms with E-state index in [1.54, 1.807) is 12.1 Å². The molecule has 18 heavy (non-hydrogen) atoms. The highest BCUT2D eigenvalue weighted by Crippen LogP contribution is 2.25. The molecule has 2 unspecified atom stereocenters. The van der Waals surface area contributed by atoms with Gasteiger partial charge in [0.1, 0.15) is 5.75 Å². The molecule has 100 valence electrons. The van der Waals surface area contributed by atoms with Crippen molar-refractivity contribution in [1.82, 2.24) is 5.32 Å². The van der Waals surface area contributed by atoms with Crippen LogP contribution in [0.5, 0.6) is 5.75 Å². The maximum absolute atomic E-state index is 12.0. The normalized spacial score (nSPS) is 24.9. The number of halogens is 3. The second-order valence-corrected chi connectivity index (χ2v) is 4.27. The number of ether oxygens (including phenoxy) is 2. The molecule has 1 N–H and O–H groups in total. The fourth-order valence-electron chi connectivity index (χ4n) is 1.90. The van der Waals surface area contributed by atoms with E-state index in [-0.39, 0.29) is 17.8 Å². The standard InChI is InChI=1S/C12H14F3NO2/c1-8-6-17-7-11(16-8)9-2-4-10(5-3-9)18-12(13,14)15/h2-5,8,11,16H,6-7H2,1H3. The van der Waals surface area contributed by atoms with E-state index in [0.717, 1.165) is 5.56 Å². The summed E-state index contributed by atoms with van der Waals surface area (Å²) in [6.07, 6.45) is -4.65. The molecule has 0 spiro atoms. The highest BCUT2D eigenvalue weighted by Gasteiger charge is 2.31. The number of nitrogens with one attached hydrogen (secondary N) is 1. The summed E-state index contributed by atoms with van der Waals surface area (Å²) in [6.45, 7) is 3.16. The first-order chi connectivity index (χ1) is 8.44. The quantitative estimate of drug-likeness (QED) is 0.887. The van der Waals surface area contributed by atoms with E-state index < -0.39 is 6.36 Å². The molecule has 1 aliphatic heterocycles. The average molecular weight is 261 g/mol. The summed E-state index contributed by atoms with van der Waals surface area (Å²) >= 11 is 0. The molecule has 0 aliphatic carbocycles. The first-order valence-corrected chi connectivity index (χ1v) is 5.63. The van der Waals surface area contributed by atoms with Crippen LogP contribution >= 0.6 is 0 Å². The lowest BCUT2D eigenvalue weighted by atomic mass is 10.1. The van der Waals surface area contributed by atoms with E-state index in [9.17, 15) is 13.2 Å². The Hall–Kier alpha value is -1.27. The van der Waals surface area contributed by atoms with Crippen LogP contribution in [0.4, 0.5) is 13.2 Å². The molecule has 1 fully saturated rings. The average Bonchev–Trinajstić information content (AvgIpc) is 2.28. The van der Waals surface area contributed by atoms with Crippen molar-refractivity contribution in [3.8, 4) is 5.75 Å². The first kappa shape index (κ1) is 13.2. The van der Waals surface area contributed by atoms with Crippen LogP contribution in [0.1, 0.15) is 18.5 Å². The van der Waals surface area contributed by atoms with Crippen LogP contribution in [0.15, 0.2) is 24.3 Å². The van der Waals surface area contributed by atoms with Gasteiger partial charge in [-0.1, -0.05) is 12.1 Å². The molecule has 1 aliphatic rings. The van der Waals surface area contributed by atoms with Crippen molar-refractivity contribution >= 4 is 0 Å². The molecule has 0 saturated carbocycles. The fourth-order valence-corrected chi connectivity index (χ4v) is 1.90. The zero-order chi connectivity index (χ0) is 13.2. The van der Waals surface area contributed by atoms with Gasteiger partial charge in [-0.05, 0) is 24.6 Å². The lowest BCUT2D eigenvalue weighted by Crippen LogP contribution is -2.41. The summed E-state index contributed by atoms with van der Waals surface area (Å²) in [5, 5.41) is 3.31. The van der Waals surface area contributed by atoms with Crippen molar-refractivity contribution in [3.05, 3.63) is 29.8 Å². The Morgan fingerprint density at radius 2 is 1.89 bits per heavy atom. The lowest BCUT2D eigenvalue weighted by molar-refractivity contribution is -0.274. The largest absolute Gasteiger partial charge is 0.573 e. The van der Waals surface area contributed by atoms with Gasteiger partial charge in [0.05, 0.1) is 19.3 Å². The third-order valence-corrected chi connectivity index (χ3v) is 2.65. The second kappa shape index (κ2) is 5.16. The Kier molecular flexibility index (Phi) is 3.77. The maximum Gasteiger partial charge on any atom is 0.573 e. The second-order valence-electron chi connectivity index (χ2n) is 4.27. The Morgan fingerprint density at radius 3 is 2.44 bits per heavy atom. The number of benzene rings is 1. The van der Waals surface area contributed by atoms with Crippen LogP contribution in [0.2, 0.25) is 0 Å². The molecular formula is C12H14F3NO2. The monoisotopic (exact) mass is 261 g/mol. The summed E-state index contributed by atoms with van der Waals surface area (Å²) in [5.41, 5.74) is 0.885. The number of hydrogen-bond acceptors (Lipinski definition) is 3. The molecule has 2 rings (SSSR count). The van der Waals surface area contributed by atoms with E-state index in [1.165, 1.54) is 12.1 Å². The molecule has 0 bridgehead atoms. The molecule has 0 amide bonds. The van der Waals surface area contributed by atoms with E-state index in [0.29, 0.717) is 13.2 Å². The van der Waals surface area contributed by atoms with Crippen molar-refractivity contribution in [2.24, 2.45) is 0 Å². The number of alkyl halides is 3. The lowest BCUT2D eigenvalue weighted by Gasteiger charge is -2.29. The molecule has 1 aromatic carbocycles. The summed E-state index contributed by atoms with van der Waals surface area (Å²) in [4.78, 5) is 0. The number of hydrogen-bond donors (Lipinski definition) is 1. The van der Waals surface area contributed by atoms with Gasteiger partial charge < -0.3 is 14.8 Å². The minimum absolute atomic E-state index is 0.00804. The van der Waals surface area contributed by atoms with Gasteiger partial charge >= 0.3 is 6.36 Å². The van der Waals surface area contributed by atoms with Crippen LogP contribution in [0.25, 0.3) is 0 Å². The third-order valence-electron chi connectivity index (χ3n) is 2.65. The van der Waals surface area contributed by atoms with E-state index in [4.69, 9.17) is 4.74 Å². The zero-order valence-corrected chi connectivity index (χ0v) is 9.83. The Morgan fingerprint density at radius 1 is 1.22 bits per heavy atom. The van der Waals surface area contributed by atoms with Crippen LogP contribution in [0, 0.1) is 0 Å². The fraction of sp³-hybridized carbons (Fsp3) is 0.500. The Labute approximate surface area is 103 Å². The maximum atomic E-state index is 12.0. The topological polar surface area (TPSA) is 30.5 Å². The zero-order valence-electron chi connectivity index (χ0n) is 9.83. The summed E-state index contributed by atoms with van der Waals surface area (Å²) in [5.74, 6) is -0.212. The van der Waals surface area contributed by atoms with Gasteiger partial charge in [-0.3, -0.25) is 0 Å². The smallest absolute Gasteiger partial charge is 0.406 e. The van der Waals surface area contributed by atoms with Crippen LogP contribution in [-0.4, -0.2) is 25.6 Å². The summed E-state index contributed by atoms with van der Waals surface area (Å²) in [6, 6.07) is 6.08. The highest BCUT2D eigenvalue weighted by atomic mass is 19.4. The van der Waals surface area contributed by atoms with Gasteiger partial charge in [0.2, 0.25) is 0 Å². The summed E-state index contributed by atoms with van der Waals surface area (Å²) < 4.78 is 45.2. The molecule has 0 radical (unpaired) electrons. The van der Waals surface area contributed by atoms with Gasteiger partial charge in [-0.2, -0.15) is 0 Å². The van der Waals surface area contributed by atoms with Gasteiger partial charge in [-0.15, -0.1) is 13.2 Å².